The maximum atomic E-state index is 13.2. The minimum atomic E-state index is -0.478. The lowest BCUT2D eigenvalue weighted by Gasteiger charge is -2.21. The van der Waals surface area contributed by atoms with E-state index in [0.717, 1.165) is 10.0 Å². The van der Waals surface area contributed by atoms with Gasteiger partial charge in [0.1, 0.15) is 19.0 Å². The fraction of sp³-hybridized carbons (Fsp3) is 0.200. The Labute approximate surface area is 139 Å². The molecule has 0 saturated heterocycles. The molecule has 2 aromatic rings. The number of fused-ring (bicyclic) bond motifs is 1. The van der Waals surface area contributed by atoms with Crippen molar-refractivity contribution in [3.05, 3.63) is 56.8 Å². The first-order valence-corrected chi connectivity index (χ1v) is 7.85. The molecule has 0 aliphatic carbocycles. The fourth-order valence-electron chi connectivity index (χ4n) is 2.12. The van der Waals surface area contributed by atoms with E-state index < -0.39 is 11.2 Å². The van der Waals surface area contributed by atoms with Crippen LogP contribution in [0, 0.1) is 5.82 Å². The van der Waals surface area contributed by atoms with Gasteiger partial charge < -0.3 is 9.47 Å². The molecule has 1 atom stereocenters. The highest BCUT2D eigenvalue weighted by Crippen LogP contribution is 2.42. The summed E-state index contributed by atoms with van der Waals surface area (Å²) in [6, 6.07) is 8.09. The number of ether oxygens (including phenoxy) is 2. The van der Waals surface area contributed by atoms with Crippen LogP contribution < -0.4 is 9.47 Å². The molecule has 0 amide bonds. The van der Waals surface area contributed by atoms with Crippen LogP contribution >= 0.6 is 39.1 Å². The molecule has 0 spiro atoms. The summed E-state index contributed by atoms with van der Waals surface area (Å²) in [7, 11) is 0. The van der Waals surface area contributed by atoms with Crippen LogP contribution in [0.15, 0.2) is 34.8 Å². The third-order valence-electron chi connectivity index (χ3n) is 3.17. The normalized spacial score (nSPS) is 14.9. The first kappa shape index (κ1) is 14.9. The Balaban J connectivity index is 2.00. The number of benzene rings is 2. The second-order valence-electron chi connectivity index (χ2n) is 4.55. The average Bonchev–Trinajstić information content (AvgIpc) is 2.48. The Morgan fingerprint density at radius 3 is 2.43 bits per heavy atom. The lowest BCUT2D eigenvalue weighted by molar-refractivity contribution is 0.171. The van der Waals surface area contributed by atoms with Crippen LogP contribution in [-0.2, 0) is 0 Å². The van der Waals surface area contributed by atoms with Gasteiger partial charge >= 0.3 is 0 Å². The van der Waals surface area contributed by atoms with E-state index in [2.05, 4.69) is 15.9 Å². The first-order chi connectivity index (χ1) is 10.1. The third-order valence-corrected chi connectivity index (χ3v) is 4.63. The van der Waals surface area contributed by atoms with Crippen LogP contribution in [0.25, 0.3) is 0 Å². The second kappa shape index (κ2) is 6.03. The molecule has 1 unspecified atom stereocenters. The van der Waals surface area contributed by atoms with Crippen molar-refractivity contribution >= 4 is 39.1 Å². The molecule has 0 radical (unpaired) electrons. The standard InChI is InChI=1S/C15H10BrCl2FO2/c16-10-7-14-13(20-3-4-21-14)6-9(10)15(18)8-1-2-12(19)11(17)5-8/h1-2,5-7,15H,3-4H2. The Morgan fingerprint density at radius 2 is 1.76 bits per heavy atom. The average molecular weight is 392 g/mol. The largest absolute Gasteiger partial charge is 0.486 e. The Kier molecular flexibility index (Phi) is 4.29. The van der Waals surface area contributed by atoms with E-state index in [9.17, 15) is 4.39 Å². The van der Waals surface area contributed by atoms with Crippen molar-refractivity contribution in [1.82, 2.24) is 0 Å². The number of hydrogen-bond acceptors (Lipinski definition) is 2. The number of hydrogen-bond donors (Lipinski definition) is 0. The summed E-state index contributed by atoms with van der Waals surface area (Å²) < 4.78 is 25.1. The molecule has 110 valence electrons. The molecule has 0 bridgehead atoms. The van der Waals surface area contributed by atoms with E-state index in [1.165, 1.54) is 12.1 Å². The zero-order valence-electron chi connectivity index (χ0n) is 10.7. The fourth-order valence-corrected chi connectivity index (χ4v) is 3.31. The number of rotatable bonds is 2. The van der Waals surface area contributed by atoms with Gasteiger partial charge in [-0.05, 0) is 35.4 Å². The van der Waals surface area contributed by atoms with Gasteiger partial charge in [-0.15, -0.1) is 11.6 Å². The number of alkyl halides is 1. The van der Waals surface area contributed by atoms with Gasteiger partial charge in [0.05, 0.1) is 10.4 Å². The quantitative estimate of drug-likeness (QED) is 0.643. The molecular weight excluding hydrogens is 382 g/mol. The number of halogens is 4. The lowest BCUT2D eigenvalue weighted by atomic mass is 10.0. The highest BCUT2D eigenvalue weighted by Gasteiger charge is 2.21. The summed E-state index contributed by atoms with van der Waals surface area (Å²) in [4.78, 5) is 0. The molecule has 0 saturated carbocycles. The highest BCUT2D eigenvalue weighted by atomic mass is 79.9. The Hall–Kier alpha value is -0.970. The summed E-state index contributed by atoms with van der Waals surface area (Å²) in [5, 5.41) is -0.430. The van der Waals surface area contributed by atoms with Crippen LogP contribution in [0.5, 0.6) is 11.5 Å². The SMILES string of the molecule is Fc1ccc(C(Cl)c2cc3c(cc2Br)OCCO3)cc1Cl. The molecule has 0 fully saturated rings. The van der Waals surface area contributed by atoms with E-state index in [1.807, 2.05) is 12.1 Å². The van der Waals surface area contributed by atoms with Crippen molar-refractivity contribution in [3.8, 4) is 11.5 Å². The van der Waals surface area contributed by atoms with Crippen molar-refractivity contribution in [2.45, 2.75) is 5.38 Å². The molecule has 6 heteroatoms. The molecule has 3 rings (SSSR count). The summed E-state index contributed by atoms with van der Waals surface area (Å²) in [5.41, 5.74) is 1.52. The molecule has 0 aromatic heterocycles. The van der Waals surface area contributed by atoms with Gasteiger partial charge in [0.15, 0.2) is 11.5 Å². The molecule has 2 aromatic carbocycles. The van der Waals surface area contributed by atoms with Gasteiger partial charge in [-0.2, -0.15) is 0 Å². The molecule has 1 aliphatic rings. The van der Waals surface area contributed by atoms with E-state index in [0.29, 0.717) is 30.3 Å². The van der Waals surface area contributed by atoms with Crippen molar-refractivity contribution < 1.29 is 13.9 Å². The van der Waals surface area contributed by atoms with Crippen LogP contribution in [0.3, 0.4) is 0 Å². The summed E-state index contributed by atoms with van der Waals surface area (Å²) >= 11 is 15.8. The molecule has 0 N–H and O–H groups in total. The molecule has 1 heterocycles. The van der Waals surface area contributed by atoms with Crippen molar-refractivity contribution in [3.63, 3.8) is 0 Å². The van der Waals surface area contributed by atoms with Crippen molar-refractivity contribution in [1.29, 1.82) is 0 Å². The van der Waals surface area contributed by atoms with Gasteiger partial charge in [0.25, 0.3) is 0 Å². The predicted octanol–water partition coefficient (Wildman–Crippen LogP) is 5.34. The predicted molar refractivity (Wildman–Crippen MR) is 84.2 cm³/mol. The second-order valence-corrected chi connectivity index (χ2v) is 6.25. The zero-order chi connectivity index (χ0) is 15.0. The molecule has 1 aliphatic heterocycles. The summed E-state index contributed by atoms with van der Waals surface area (Å²) in [5.74, 6) is 0.863. The van der Waals surface area contributed by atoms with E-state index in [1.54, 1.807) is 6.07 Å². The third kappa shape index (κ3) is 2.98. The monoisotopic (exact) mass is 390 g/mol. The van der Waals surface area contributed by atoms with Crippen molar-refractivity contribution in [2.75, 3.05) is 13.2 Å². The summed E-state index contributed by atoms with van der Waals surface area (Å²) in [6.45, 7) is 1.03. The van der Waals surface area contributed by atoms with Gasteiger partial charge in [-0.25, -0.2) is 4.39 Å². The zero-order valence-corrected chi connectivity index (χ0v) is 13.8. The topological polar surface area (TPSA) is 18.5 Å². The van der Waals surface area contributed by atoms with Crippen molar-refractivity contribution in [2.24, 2.45) is 0 Å². The van der Waals surface area contributed by atoms with Gasteiger partial charge in [0.2, 0.25) is 0 Å². The van der Waals surface area contributed by atoms with Crippen LogP contribution in [0.2, 0.25) is 5.02 Å². The maximum Gasteiger partial charge on any atom is 0.162 e. The van der Waals surface area contributed by atoms with Crippen LogP contribution in [0.1, 0.15) is 16.5 Å². The summed E-state index contributed by atoms with van der Waals surface area (Å²) in [6.07, 6.45) is 0. The van der Waals surface area contributed by atoms with Gasteiger partial charge in [-0.1, -0.05) is 33.6 Å². The minimum Gasteiger partial charge on any atom is -0.486 e. The van der Waals surface area contributed by atoms with Crippen LogP contribution in [0.4, 0.5) is 4.39 Å². The lowest BCUT2D eigenvalue weighted by Crippen LogP contribution is -2.15. The first-order valence-electron chi connectivity index (χ1n) is 6.24. The van der Waals surface area contributed by atoms with Gasteiger partial charge in [-0.3, -0.25) is 0 Å². The minimum absolute atomic E-state index is 0.0480. The van der Waals surface area contributed by atoms with E-state index in [4.69, 9.17) is 32.7 Å². The molecule has 21 heavy (non-hydrogen) atoms. The maximum absolute atomic E-state index is 13.2. The Bertz CT molecular complexity index is 694. The smallest absolute Gasteiger partial charge is 0.162 e. The Morgan fingerprint density at radius 1 is 1.10 bits per heavy atom. The van der Waals surface area contributed by atoms with Crippen LogP contribution in [-0.4, -0.2) is 13.2 Å². The van der Waals surface area contributed by atoms with E-state index in [-0.39, 0.29) is 5.02 Å². The van der Waals surface area contributed by atoms with Gasteiger partial charge in [0, 0.05) is 4.47 Å². The molecule has 2 nitrogen and oxygen atoms in total. The highest BCUT2D eigenvalue weighted by molar-refractivity contribution is 9.10. The molecular formula is C15H10BrCl2FO2. The van der Waals surface area contributed by atoms with E-state index >= 15 is 0 Å².